The van der Waals surface area contributed by atoms with Gasteiger partial charge in [-0.2, -0.15) is 0 Å². The molecule has 2 heteroatoms. The molecule has 0 atom stereocenters. The molecule has 2 nitrogen and oxygen atoms in total. The molecule has 0 radical (unpaired) electrons. The van der Waals surface area contributed by atoms with Crippen molar-refractivity contribution in [3.63, 3.8) is 0 Å². The van der Waals surface area contributed by atoms with Gasteiger partial charge in [0.15, 0.2) is 0 Å². The van der Waals surface area contributed by atoms with Crippen LogP contribution < -0.4 is 5.32 Å². The smallest absolute Gasteiger partial charge is 0.0309 e. The molecule has 1 aliphatic heterocycles. The second kappa shape index (κ2) is 4.71. The summed E-state index contributed by atoms with van der Waals surface area (Å²) in [5.74, 6) is 3.27. The largest absolute Gasteiger partial charge is 0.309 e. The molecule has 1 saturated heterocycles. The predicted molar refractivity (Wildman–Crippen MR) is 86.3 cm³/mol. The number of hydrogen-bond donors (Lipinski definition) is 1. The van der Waals surface area contributed by atoms with E-state index in [1.165, 1.54) is 51.7 Å². The van der Waals surface area contributed by atoms with Gasteiger partial charge in [-0.05, 0) is 69.1 Å². The summed E-state index contributed by atoms with van der Waals surface area (Å²) in [6, 6.07) is 0. The predicted octanol–water partition coefficient (Wildman–Crippen LogP) is 3.56. The minimum atomic E-state index is 0.500. The van der Waals surface area contributed by atoms with Crippen molar-refractivity contribution in [3.05, 3.63) is 0 Å². The van der Waals surface area contributed by atoms with E-state index < -0.39 is 0 Å². The molecule has 21 heavy (non-hydrogen) atoms. The topological polar surface area (TPSA) is 15.3 Å². The molecule has 0 aromatic rings. The Morgan fingerprint density at radius 1 is 0.810 bits per heavy atom. The third-order valence-corrected chi connectivity index (χ3v) is 7.86. The monoisotopic (exact) mass is 288 g/mol. The fraction of sp³-hybridized carbons (Fsp3) is 1.00. The summed E-state index contributed by atoms with van der Waals surface area (Å²) in [6.07, 6.45) is 16.7. The van der Waals surface area contributed by atoms with Crippen LogP contribution in [0.3, 0.4) is 0 Å². The van der Waals surface area contributed by atoms with Crippen LogP contribution in [0.15, 0.2) is 0 Å². The van der Waals surface area contributed by atoms with E-state index in [1.807, 2.05) is 0 Å². The molecule has 0 unspecified atom stereocenters. The highest BCUT2D eigenvalue weighted by Gasteiger charge is 2.55. The van der Waals surface area contributed by atoms with E-state index in [2.05, 4.69) is 10.2 Å². The quantitative estimate of drug-likeness (QED) is 0.793. The minimum Gasteiger partial charge on any atom is -0.309 e. The van der Waals surface area contributed by atoms with E-state index in [9.17, 15) is 0 Å². The van der Waals surface area contributed by atoms with E-state index in [-0.39, 0.29) is 0 Å². The van der Waals surface area contributed by atoms with Crippen LogP contribution in [0.4, 0.5) is 0 Å². The second-order valence-corrected chi connectivity index (χ2v) is 9.33. The Kier molecular flexibility index (Phi) is 3.00. The number of rotatable bonds is 1. The number of nitrogens with zero attached hydrogens (tertiary/aromatic N) is 1. The summed E-state index contributed by atoms with van der Waals surface area (Å²) in [5, 5.41) is 3.95. The van der Waals surface area contributed by atoms with Crippen molar-refractivity contribution in [1.29, 1.82) is 0 Å². The van der Waals surface area contributed by atoms with Crippen LogP contribution in [0.5, 0.6) is 0 Å². The number of nitrogens with one attached hydrogen (secondary N) is 1. The maximum absolute atomic E-state index is 3.95. The van der Waals surface area contributed by atoms with Gasteiger partial charge >= 0.3 is 0 Å². The Labute approximate surface area is 130 Å². The van der Waals surface area contributed by atoms with E-state index in [1.54, 1.807) is 38.5 Å². The van der Waals surface area contributed by atoms with Gasteiger partial charge in [-0.3, -0.25) is 4.90 Å². The minimum absolute atomic E-state index is 0.500. The molecule has 6 aliphatic rings. The maximum atomic E-state index is 3.95. The Morgan fingerprint density at radius 3 is 2.05 bits per heavy atom. The summed E-state index contributed by atoms with van der Waals surface area (Å²) < 4.78 is 0. The molecule has 0 aromatic heterocycles. The van der Waals surface area contributed by atoms with Gasteiger partial charge in [-0.1, -0.05) is 19.3 Å². The zero-order valence-corrected chi connectivity index (χ0v) is 13.6. The first-order valence-corrected chi connectivity index (χ1v) is 9.76. The molecule has 5 aliphatic carbocycles. The fourth-order valence-corrected chi connectivity index (χ4v) is 7.38. The Bertz CT molecular complexity index is 369. The molecular weight excluding hydrogens is 256 g/mol. The van der Waals surface area contributed by atoms with Gasteiger partial charge in [0.05, 0.1) is 0 Å². The van der Waals surface area contributed by atoms with E-state index >= 15 is 0 Å². The normalized spacial score (nSPS) is 48.9. The lowest BCUT2D eigenvalue weighted by Crippen LogP contribution is -2.69. The molecule has 5 saturated carbocycles. The van der Waals surface area contributed by atoms with Crippen molar-refractivity contribution in [3.8, 4) is 0 Å². The van der Waals surface area contributed by atoms with Crippen LogP contribution >= 0.6 is 0 Å². The summed E-state index contributed by atoms with van der Waals surface area (Å²) in [5.41, 5.74) is 1.14. The summed E-state index contributed by atoms with van der Waals surface area (Å²) in [4.78, 5) is 3.01. The summed E-state index contributed by atoms with van der Waals surface area (Å²) in [6.45, 7) is 3.95. The highest BCUT2D eigenvalue weighted by Crippen LogP contribution is 2.58. The van der Waals surface area contributed by atoms with Crippen molar-refractivity contribution in [2.45, 2.75) is 81.7 Å². The lowest BCUT2D eigenvalue weighted by Gasteiger charge is -2.63. The van der Waals surface area contributed by atoms with Crippen LogP contribution in [-0.2, 0) is 0 Å². The standard InChI is InChI=1S/C19H32N2/c1-2-4-18(5-3-1)14-21(7-6-20-18)19-11-15-8-16(12-19)10-17(9-15)13-19/h15-17,20H,1-14H2. The SMILES string of the molecule is C1CCC2(CC1)CN(C13CC4CC(CC(C4)C1)C3)CCN2. The average molecular weight is 288 g/mol. The lowest BCUT2D eigenvalue weighted by atomic mass is 9.52. The fourth-order valence-electron chi connectivity index (χ4n) is 7.38. The Hall–Kier alpha value is -0.0800. The molecule has 0 amide bonds. The first kappa shape index (κ1) is 13.4. The van der Waals surface area contributed by atoms with Crippen LogP contribution in [0.1, 0.15) is 70.6 Å². The first-order chi connectivity index (χ1) is 10.3. The van der Waals surface area contributed by atoms with Gasteiger partial charge in [-0.15, -0.1) is 0 Å². The maximum Gasteiger partial charge on any atom is 0.0309 e. The number of hydrogen-bond acceptors (Lipinski definition) is 2. The molecule has 4 bridgehead atoms. The second-order valence-electron chi connectivity index (χ2n) is 9.33. The molecule has 1 spiro atoms. The van der Waals surface area contributed by atoms with E-state index in [4.69, 9.17) is 0 Å². The van der Waals surface area contributed by atoms with Crippen LogP contribution in [0.25, 0.3) is 0 Å². The highest BCUT2D eigenvalue weighted by molar-refractivity contribution is 5.10. The lowest BCUT2D eigenvalue weighted by molar-refractivity contribution is -0.107. The van der Waals surface area contributed by atoms with Crippen molar-refractivity contribution >= 4 is 0 Å². The van der Waals surface area contributed by atoms with E-state index in [0.29, 0.717) is 11.1 Å². The molecular formula is C19H32N2. The Morgan fingerprint density at radius 2 is 1.43 bits per heavy atom. The van der Waals surface area contributed by atoms with Crippen molar-refractivity contribution in [2.24, 2.45) is 17.8 Å². The molecule has 1 N–H and O–H groups in total. The highest BCUT2D eigenvalue weighted by atomic mass is 15.3. The van der Waals surface area contributed by atoms with Crippen molar-refractivity contribution in [1.82, 2.24) is 10.2 Å². The third-order valence-electron chi connectivity index (χ3n) is 7.86. The average Bonchev–Trinajstić information content (AvgIpc) is 2.47. The zero-order chi connectivity index (χ0) is 13.9. The van der Waals surface area contributed by atoms with Crippen LogP contribution in [0, 0.1) is 17.8 Å². The van der Waals surface area contributed by atoms with E-state index in [0.717, 1.165) is 17.8 Å². The van der Waals surface area contributed by atoms with Gasteiger partial charge in [-0.25, -0.2) is 0 Å². The van der Waals surface area contributed by atoms with Gasteiger partial charge in [0.25, 0.3) is 0 Å². The molecule has 6 fully saturated rings. The third kappa shape index (κ3) is 2.12. The van der Waals surface area contributed by atoms with Crippen molar-refractivity contribution in [2.75, 3.05) is 19.6 Å². The van der Waals surface area contributed by atoms with Gasteiger partial charge in [0.2, 0.25) is 0 Å². The molecule has 1 heterocycles. The number of piperazine rings is 1. The molecule has 6 rings (SSSR count). The van der Waals surface area contributed by atoms with Gasteiger partial charge in [0.1, 0.15) is 0 Å². The van der Waals surface area contributed by atoms with Crippen molar-refractivity contribution < 1.29 is 0 Å². The molecule has 0 aromatic carbocycles. The van der Waals surface area contributed by atoms with Gasteiger partial charge in [0, 0.05) is 30.7 Å². The van der Waals surface area contributed by atoms with Gasteiger partial charge < -0.3 is 5.32 Å². The summed E-state index contributed by atoms with van der Waals surface area (Å²) >= 11 is 0. The summed E-state index contributed by atoms with van der Waals surface area (Å²) in [7, 11) is 0. The van der Waals surface area contributed by atoms with Crippen LogP contribution in [0.2, 0.25) is 0 Å². The zero-order valence-electron chi connectivity index (χ0n) is 13.6. The van der Waals surface area contributed by atoms with Crippen LogP contribution in [-0.4, -0.2) is 35.6 Å². The Balaban J connectivity index is 1.39. The molecule has 118 valence electrons. The first-order valence-electron chi connectivity index (χ1n) is 9.76.